The molecule has 192 valence electrons. The van der Waals surface area contributed by atoms with Crippen LogP contribution in [-0.2, 0) is 26.2 Å². The summed E-state index contributed by atoms with van der Waals surface area (Å²) in [7, 11) is -2.36. The van der Waals surface area contributed by atoms with Crippen LogP contribution in [0.2, 0.25) is 10.0 Å². The Balaban J connectivity index is 2.40. The van der Waals surface area contributed by atoms with Crippen LogP contribution in [0.25, 0.3) is 0 Å². The Morgan fingerprint density at radius 3 is 2.23 bits per heavy atom. The molecule has 0 aromatic heterocycles. The van der Waals surface area contributed by atoms with Gasteiger partial charge in [-0.25, -0.2) is 8.42 Å². The van der Waals surface area contributed by atoms with Crippen LogP contribution in [0.1, 0.15) is 26.3 Å². The van der Waals surface area contributed by atoms with Crippen molar-refractivity contribution in [1.29, 1.82) is 0 Å². The van der Waals surface area contributed by atoms with E-state index in [2.05, 4.69) is 5.32 Å². The number of nitrogens with one attached hydrogen (secondary N) is 1. The molecule has 1 atom stereocenters. The molecular formula is C24H31Cl2N3O5S. The second kappa shape index (κ2) is 12.5. The number of carbonyl (C=O) groups is 2. The van der Waals surface area contributed by atoms with Crippen molar-refractivity contribution in [2.45, 2.75) is 33.4 Å². The maximum absolute atomic E-state index is 13.5. The molecule has 35 heavy (non-hydrogen) atoms. The van der Waals surface area contributed by atoms with Gasteiger partial charge in [-0.05, 0) is 48.7 Å². The Morgan fingerprint density at radius 1 is 1.06 bits per heavy atom. The van der Waals surface area contributed by atoms with Crippen LogP contribution in [0.5, 0.6) is 5.75 Å². The van der Waals surface area contributed by atoms with Crippen molar-refractivity contribution in [3.05, 3.63) is 58.1 Å². The topological polar surface area (TPSA) is 96.0 Å². The van der Waals surface area contributed by atoms with Gasteiger partial charge in [-0.15, -0.1) is 0 Å². The summed E-state index contributed by atoms with van der Waals surface area (Å²) in [6, 6.07) is 10.5. The molecule has 0 spiro atoms. The van der Waals surface area contributed by atoms with Gasteiger partial charge in [0.1, 0.15) is 18.3 Å². The molecule has 0 aliphatic heterocycles. The van der Waals surface area contributed by atoms with Gasteiger partial charge in [0.05, 0.1) is 24.1 Å². The molecule has 0 aliphatic rings. The quantitative estimate of drug-likeness (QED) is 0.462. The van der Waals surface area contributed by atoms with E-state index in [1.165, 1.54) is 23.1 Å². The number of carbonyl (C=O) groups excluding carboxylic acids is 2. The molecule has 11 heteroatoms. The first kappa shape index (κ1) is 28.7. The predicted octanol–water partition coefficient (Wildman–Crippen LogP) is 3.96. The molecular weight excluding hydrogens is 513 g/mol. The molecule has 0 fully saturated rings. The number of hydrogen-bond acceptors (Lipinski definition) is 5. The van der Waals surface area contributed by atoms with E-state index in [0.717, 1.165) is 16.1 Å². The number of ether oxygens (including phenoxy) is 1. The van der Waals surface area contributed by atoms with Gasteiger partial charge >= 0.3 is 0 Å². The Bertz CT molecular complexity index is 1140. The summed E-state index contributed by atoms with van der Waals surface area (Å²) in [5, 5.41) is 3.22. The molecule has 8 nitrogen and oxygen atoms in total. The smallest absolute Gasteiger partial charge is 0.244 e. The maximum Gasteiger partial charge on any atom is 0.244 e. The van der Waals surface area contributed by atoms with Crippen molar-refractivity contribution in [3.63, 3.8) is 0 Å². The number of rotatable bonds is 11. The summed E-state index contributed by atoms with van der Waals surface area (Å²) in [6.45, 7) is 5.50. The summed E-state index contributed by atoms with van der Waals surface area (Å²) in [5.41, 5.74) is 0.825. The molecule has 2 aromatic rings. The Labute approximate surface area is 217 Å². The largest absolute Gasteiger partial charge is 0.497 e. The third kappa shape index (κ3) is 8.30. The minimum absolute atomic E-state index is 0.0799. The summed E-state index contributed by atoms with van der Waals surface area (Å²) in [4.78, 5) is 27.7. The first-order valence-electron chi connectivity index (χ1n) is 11.0. The zero-order valence-corrected chi connectivity index (χ0v) is 22.7. The van der Waals surface area contributed by atoms with Gasteiger partial charge < -0.3 is 15.0 Å². The fraction of sp³-hybridized carbons (Fsp3) is 0.417. The average Bonchev–Trinajstić information content (AvgIpc) is 2.80. The Morgan fingerprint density at radius 2 is 1.69 bits per heavy atom. The molecule has 0 saturated heterocycles. The number of benzene rings is 2. The van der Waals surface area contributed by atoms with Gasteiger partial charge in [0.15, 0.2) is 0 Å². The lowest BCUT2D eigenvalue weighted by atomic mass is 10.1. The van der Waals surface area contributed by atoms with Crippen LogP contribution < -0.4 is 14.4 Å². The summed E-state index contributed by atoms with van der Waals surface area (Å²) in [6.07, 6.45) is 0.976. The highest BCUT2D eigenvalue weighted by Crippen LogP contribution is 2.31. The zero-order chi connectivity index (χ0) is 26.3. The standard InChI is InChI=1S/C24H31Cl2N3O5S/c1-16(2)13-27-24(31)17(3)28(14-18-6-9-20(34-4)10-7-18)23(30)15-29(35(5,32)33)22-12-19(25)8-11-21(22)26/h6-12,16-17H,13-15H2,1-5H3,(H,27,31)/t17-/m1/s1. The van der Waals surface area contributed by atoms with Crippen molar-refractivity contribution >= 4 is 50.7 Å². The molecule has 0 bridgehead atoms. The predicted molar refractivity (Wildman–Crippen MR) is 140 cm³/mol. The lowest BCUT2D eigenvalue weighted by Crippen LogP contribution is -2.51. The Hall–Kier alpha value is -2.49. The minimum Gasteiger partial charge on any atom is -0.497 e. The number of nitrogens with zero attached hydrogens (tertiary/aromatic N) is 2. The van der Waals surface area contributed by atoms with Gasteiger partial charge in [-0.1, -0.05) is 49.2 Å². The number of methoxy groups -OCH3 is 1. The van der Waals surface area contributed by atoms with Crippen molar-refractivity contribution in [3.8, 4) is 5.75 Å². The molecule has 0 heterocycles. The highest BCUT2D eigenvalue weighted by atomic mass is 35.5. The van der Waals surface area contributed by atoms with E-state index < -0.39 is 28.5 Å². The van der Waals surface area contributed by atoms with Gasteiger partial charge in [0.2, 0.25) is 21.8 Å². The van der Waals surface area contributed by atoms with Gasteiger partial charge in [-0.2, -0.15) is 0 Å². The molecule has 0 saturated carbocycles. The normalized spacial score (nSPS) is 12.2. The third-order valence-corrected chi connectivity index (χ3v) is 6.90. The zero-order valence-electron chi connectivity index (χ0n) is 20.4. The Kier molecular flexibility index (Phi) is 10.2. The monoisotopic (exact) mass is 543 g/mol. The number of halogens is 2. The second-order valence-corrected chi connectivity index (χ2v) is 11.3. The average molecular weight is 545 g/mol. The van der Waals surface area contributed by atoms with E-state index in [9.17, 15) is 18.0 Å². The first-order valence-corrected chi connectivity index (χ1v) is 13.6. The summed E-state index contributed by atoms with van der Waals surface area (Å²) >= 11 is 12.3. The molecule has 0 unspecified atom stereocenters. The highest BCUT2D eigenvalue weighted by molar-refractivity contribution is 7.92. The van der Waals surface area contributed by atoms with Crippen LogP contribution in [0.4, 0.5) is 5.69 Å². The van der Waals surface area contributed by atoms with Gasteiger partial charge in [0.25, 0.3) is 0 Å². The lowest BCUT2D eigenvalue weighted by Gasteiger charge is -2.32. The molecule has 2 amide bonds. The van der Waals surface area contributed by atoms with Crippen molar-refractivity contribution in [1.82, 2.24) is 10.2 Å². The van der Waals surface area contributed by atoms with Crippen molar-refractivity contribution in [2.75, 3.05) is 30.8 Å². The number of hydrogen-bond donors (Lipinski definition) is 1. The van der Waals surface area contributed by atoms with E-state index in [0.29, 0.717) is 12.3 Å². The molecule has 1 N–H and O–H groups in total. The fourth-order valence-corrected chi connectivity index (χ4v) is 4.52. The van der Waals surface area contributed by atoms with Crippen molar-refractivity contribution < 1.29 is 22.7 Å². The first-order chi connectivity index (χ1) is 16.3. The van der Waals surface area contributed by atoms with Crippen molar-refractivity contribution in [2.24, 2.45) is 5.92 Å². The van der Waals surface area contributed by atoms with E-state index in [1.807, 2.05) is 13.8 Å². The number of sulfonamides is 1. The van der Waals surface area contributed by atoms with Gasteiger partial charge in [0, 0.05) is 18.1 Å². The van der Waals surface area contributed by atoms with Crippen LogP contribution in [0, 0.1) is 5.92 Å². The van der Waals surface area contributed by atoms with Crippen LogP contribution in [0.15, 0.2) is 42.5 Å². The molecule has 0 radical (unpaired) electrons. The van der Waals surface area contributed by atoms with E-state index in [4.69, 9.17) is 27.9 Å². The summed E-state index contributed by atoms with van der Waals surface area (Å²) < 4.78 is 31.3. The minimum atomic E-state index is -3.91. The lowest BCUT2D eigenvalue weighted by molar-refractivity contribution is -0.139. The van der Waals surface area contributed by atoms with E-state index in [-0.39, 0.29) is 34.1 Å². The molecule has 2 aromatic carbocycles. The number of anilines is 1. The molecule has 2 rings (SSSR count). The number of amides is 2. The fourth-order valence-electron chi connectivity index (χ4n) is 3.23. The summed E-state index contributed by atoms with van der Waals surface area (Å²) in [5.74, 6) is -0.0440. The third-order valence-electron chi connectivity index (χ3n) is 5.22. The van der Waals surface area contributed by atoms with E-state index in [1.54, 1.807) is 38.3 Å². The van der Waals surface area contributed by atoms with Crippen LogP contribution >= 0.6 is 23.2 Å². The van der Waals surface area contributed by atoms with Gasteiger partial charge in [-0.3, -0.25) is 13.9 Å². The highest BCUT2D eigenvalue weighted by Gasteiger charge is 2.31. The SMILES string of the molecule is COc1ccc(CN(C(=O)CN(c2cc(Cl)ccc2Cl)S(C)(=O)=O)[C@H](C)C(=O)NCC(C)C)cc1. The molecule has 0 aliphatic carbocycles. The van der Waals surface area contributed by atoms with Crippen LogP contribution in [0.3, 0.4) is 0 Å². The van der Waals surface area contributed by atoms with Crippen LogP contribution in [-0.4, -0.2) is 57.6 Å². The second-order valence-electron chi connectivity index (χ2n) is 8.55. The van der Waals surface area contributed by atoms with E-state index >= 15 is 0 Å². The maximum atomic E-state index is 13.5.